The maximum atomic E-state index is 12.3. The Balaban J connectivity index is 2.08. The van der Waals surface area contributed by atoms with Crippen molar-refractivity contribution in [1.29, 1.82) is 0 Å². The molecule has 0 aliphatic carbocycles. The number of nitrogens with two attached hydrogens (primary N) is 1. The first-order valence-corrected chi connectivity index (χ1v) is 9.19. The first-order valence-electron chi connectivity index (χ1n) is 7.87. The molecule has 0 radical (unpaired) electrons. The van der Waals surface area contributed by atoms with Gasteiger partial charge < -0.3 is 11.1 Å². The second-order valence-corrected chi connectivity index (χ2v) is 8.86. The molecular formula is C19H24N2O2S. The molecule has 0 fully saturated rings. The summed E-state index contributed by atoms with van der Waals surface area (Å²) in [4.78, 5) is 12.3. The van der Waals surface area contributed by atoms with Crippen LogP contribution in [0.25, 0.3) is 0 Å². The van der Waals surface area contributed by atoms with Crippen molar-refractivity contribution < 1.29 is 9.00 Å². The van der Waals surface area contributed by atoms with Gasteiger partial charge in [-0.2, -0.15) is 0 Å². The zero-order chi connectivity index (χ0) is 17.7. The molecule has 0 saturated heterocycles. The van der Waals surface area contributed by atoms with Crippen molar-refractivity contribution in [1.82, 2.24) is 0 Å². The van der Waals surface area contributed by atoms with Gasteiger partial charge >= 0.3 is 0 Å². The summed E-state index contributed by atoms with van der Waals surface area (Å²) in [6.07, 6.45) is 0. The van der Waals surface area contributed by atoms with Gasteiger partial charge in [-0.15, -0.1) is 0 Å². The minimum absolute atomic E-state index is 0.173. The average Bonchev–Trinajstić information content (AvgIpc) is 2.54. The molecule has 0 spiro atoms. The number of amides is 1. The largest absolute Gasteiger partial charge is 0.326 e. The minimum atomic E-state index is -0.974. The Labute approximate surface area is 145 Å². The molecule has 3 N–H and O–H groups in total. The summed E-state index contributed by atoms with van der Waals surface area (Å²) in [5.41, 5.74) is 8.77. The summed E-state index contributed by atoms with van der Waals surface area (Å²) in [5, 5.41) is 2.88. The average molecular weight is 344 g/mol. The molecule has 0 aliphatic rings. The summed E-state index contributed by atoms with van der Waals surface area (Å²) in [7, 11) is -0.974. The summed E-state index contributed by atoms with van der Waals surface area (Å²) in [6.45, 7) is 6.33. The molecule has 128 valence electrons. The van der Waals surface area contributed by atoms with Gasteiger partial charge in [0.2, 0.25) is 0 Å². The lowest BCUT2D eigenvalue weighted by Gasteiger charge is -2.18. The normalized spacial score (nSPS) is 12.7. The van der Waals surface area contributed by atoms with Crippen LogP contribution in [0.1, 0.15) is 42.3 Å². The number of anilines is 1. The molecule has 4 nitrogen and oxygen atoms in total. The second-order valence-electron chi connectivity index (χ2n) is 6.66. The Hall–Kier alpha value is -1.98. The summed E-state index contributed by atoms with van der Waals surface area (Å²) in [5.74, 6) is 0.297. The molecule has 0 saturated carbocycles. The van der Waals surface area contributed by atoms with E-state index < -0.39 is 10.8 Å². The maximum Gasteiger partial charge on any atom is 0.255 e. The maximum absolute atomic E-state index is 12.3. The third kappa shape index (κ3) is 5.01. The topological polar surface area (TPSA) is 72.2 Å². The number of benzene rings is 2. The van der Waals surface area contributed by atoms with Gasteiger partial charge in [0.1, 0.15) is 0 Å². The molecular weight excluding hydrogens is 320 g/mol. The number of nitrogens with one attached hydrogen (secondary N) is 1. The summed E-state index contributed by atoms with van der Waals surface area (Å²) in [6, 6.07) is 14.7. The van der Waals surface area contributed by atoms with Crippen LogP contribution in [-0.2, 0) is 23.1 Å². The van der Waals surface area contributed by atoms with Gasteiger partial charge in [-0.1, -0.05) is 24.3 Å². The van der Waals surface area contributed by atoms with Crippen LogP contribution in [0.4, 0.5) is 5.69 Å². The number of hydrogen-bond donors (Lipinski definition) is 2. The van der Waals surface area contributed by atoms with E-state index in [9.17, 15) is 9.00 Å². The smallest absolute Gasteiger partial charge is 0.255 e. The van der Waals surface area contributed by atoms with E-state index in [4.69, 9.17) is 5.73 Å². The van der Waals surface area contributed by atoms with Crippen molar-refractivity contribution >= 4 is 22.4 Å². The summed E-state index contributed by atoms with van der Waals surface area (Å²) < 4.78 is 12.0. The van der Waals surface area contributed by atoms with Gasteiger partial charge in [0.05, 0.1) is 0 Å². The van der Waals surface area contributed by atoms with Crippen molar-refractivity contribution in [3.63, 3.8) is 0 Å². The number of carbonyl (C=O) groups excluding carboxylic acids is 1. The highest BCUT2D eigenvalue weighted by Gasteiger charge is 2.19. The highest BCUT2D eigenvalue weighted by molar-refractivity contribution is 7.85. The van der Waals surface area contributed by atoms with Gasteiger partial charge in [-0.05, 0) is 56.2 Å². The lowest BCUT2D eigenvalue weighted by Crippen LogP contribution is -2.23. The summed E-state index contributed by atoms with van der Waals surface area (Å²) >= 11 is 0. The van der Waals surface area contributed by atoms with Crippen molar-refractivity contribution in [2.24, 2.45) is 5.73 Å². The number of hydrogen-bond acceptors (Lipinski definition) is 3. The van der Waals surface area contributed by atoms with E-state index in [1.165, 1.54) is 0 Å². The van der Waals surface area contributed by atoms with Crippen molar-refractivity contribution in [2.45, 2.75) is 37.8 Å². The molecule has 0 heterocycles. The van der Waals surface area contributed by atoms with Gasteiger partial charge in [0.25, 0.3) is 5.91 Å². The van der Waals surface area contributed by atoms with E-state index in [0.29, 0.717) is 23.5 Å². The van der Waals surface area contributed by atoms with Crippen LogP contribution >= 0.6 is 0 Å². The first-order chi connectivity index (χ1) is 11.3. The molecule has 2 aromatic carbocycles. The monoisotopic (exact) mass is 344 g/mol. The molecule has 1 unspecified atom stereocenters. The zero-order valence-electron chi connectivity index (χ0n) is 14.3. The van der Waals surface area contributed by atoms with E-state index in [-0.39, 0.29) is 10.7 Å². The van der Waals surface area contributed by atoms with Crippen LogP contribution in [0.5, 0.6) is 0 Å². The molecule has 2 aromatic rings. The number of rotatable bonds is 5. The van der Waals surface area contributed by atoms with E-state index in [1.54, 1.807) is 12.1 Å². The third-order valence-electron chi connectivity index (χ3n) is 3.62. The molecule has 0 bridgehead atoms. The lowest BCUT2D eigenvalue weighted by atomic mass is 10.1. The predicted molar refractivity (Wildman–Crippen MR) is 100 cm³/mol. The predicted octanol–water partition coefficient (Wildman–Crippen LogP) is 3.44. The molecule has 1 atom stereocenters. The lowest BCUT2D eigenvalue weighted by molar-refractivity contribution is 0.102. The van der Waals surface area contributed by atoms with Crippen LogP contribution in [0.2, 0.25) is 0 Å². The van der Waals surface area contributed by atoms with E-state index in [0.717, 1.165) is 11.1 Å². The Morgan fingerprint density at radius 1 is 1.08 bits per heavy atom. The standard InChI is InChI=1S/C19H24N2O2S/c1-19(2,3)24(23)13-15-5-4-6-17(11-15)21-18(22)16-9-7-14(12-20)8-10-16/h4-11H,12-13,20H2,1-3H3,(H,21,22). The molecule has 24 heavy (non-hydrogen) atoms. The van der Waals surface area contributed by atoms with E-state index in [1.807, 2.05) is 57.2 Å². The number of carbonyl (C=O) groups is 1. The van der Waals surface area contributed by atoms with Gasteiger partial charge in [0.15, 0.2) is 0 Å². The zero-order valence-corrected chi connectivity index (χ0v) is 15.2. The van der Waals surface area contributed by atoms with Crippen LogP contribution < -0.4 is 11.1 Å². The van der Waals surface area contributed by atoms with Crippen LogP contribution in [0.15, 0.2) is 48.5 Å². The fraction of sp³-hybridized carbons (Fsp3) is 0.316. The van der Waals surface area contributed by atoms with Crippen LogP contribution in [0.3, 0.4) is 0 Å². The Morgan fingerprint density at radius 3 is 2.33 bits per heavy atom. The first kappa shape index (κ1) is 18.4. The Bertz CT molecular complexity index is 734. The molecule has 0 aliphatic heterocycles. The van der Waals surface area contributed by atoms with E-state index in [2.05, 4.69) is 5.32 Å². The van der Waals surface area contributed by atoms with Crippen molar-refractivity contribution in [3.05, 3.63) is 65.2 Å². The molecule has 5 heteroatoms. The Morgan fingerprint density at radius 2 is 1.75 bits per heavy atom. The minimum Gasteiger partial charge on any atom is -0.326 e. The van der Waals surface area contributed by atoms with Crippen LogP contribution in [-0.4, -0.2) is 14.9 Å². The van der Waals surface area contributed by atoms with Crippen molar-refractivity contribution in [3.8, 4) is 0 Å². The molecule has 0 aromatic heterocycles. The third-order valence-corrected chi connectivity index (χ3v) is 5.58. The fourth-order valence-electron chi connectivity index (χ4n) is 2.10. The van der Waals surface area contributed by atoms with Gasteiger partial charge in [0, 0.05) is 39.1 Å². The van der Waals surface area contributed by atoms with Crippen molar-refractivity contribution in [2.75, 3.05) is 5.32 Å². The van der Waals surface area contributed by atoms with Gasteiger partial charge in [-0.25, -0.2) is 0 Å². The Kier molecular flexibility index (Phi) is 5.91. The quantitative estimate of drug-likeness (QED) is 0.872. The van der Waals surface area contributed by atoms with Crippen LogP contribution in [0, 0.1) is 0 Å². The van der Waals surface area contributed by atoms with Gasteiger partial charge in [-0.3, -0.25) is 9.00 Å². The van der Waals surface area contributed by atoms with E-state index >= 15 is 0 Å². The molecule has 2 rings (SSSR count). The highest BCUT2D eigenvalue weighted by Crippen LogP contribution is 2.19. The SMILES string of the molecule is CC(C)(C)S(=O)Cc1cccc(NC(=O)c2ccc(CN)cc2)c1. The fourth-order valence-corrected chi connectivity index (χ4v) is 3.02. The second kappa shape index (κ2) is 7.73. The highest BCUT2D eigenvalue weighted by atomic mass is 32.2. The molecule has 1 amide bonds.